The maximum Gasteiger partial charge on any atom is 0.119 e. The van der Waals surface area contributed by atoms with Crippen molar-refractivity contribution in [2.45, 2.75) is 20.3 Å². The molecule has 16 heavy (non-hydrogen) atoms. The predicted molar refractivity (Wildman–Crippen MR) is 74.7 cm³/mol. The number of ether oxygens (including phenoxy) is 1. The highest BCUT2D eigenvalue weighted by molar-refractivity contribution is 8.93. The highest BCUT2D eigenvalue weighted by Gasteiger charge is 1.98. The van der Waals surface area contributed by atoms with Gasteiger partial charge in [0, 0.05) is 6.54 Å². The molecule has 0 saturated heterocycles. The Morgan fingerprint density at radius 2 is 1.69 bits per heavy atom. The maximum atomic E-state index is 5.62. The molecule has 1 rings (SSSR count). The maximum absolute atomic E-state index is 5.62. The van der Waals surface area contributed by atoms with Crippen LogP contribution in [-0.2, 0) is 0 Å². The average Bonchev–Trinajstić information content (AvgIpc) is 2.31. The molecular formula is C13H22BrNO. The number of nitrogens with zero attached hydrogens (tertiary/aromatic N) is 1. The summed E-state index contributed by atoms with van der Waals surface area (Å²) in [4.78, 5) is 2.41. The Morgan fingerprint density at radius 1 is 1.06 bits per heavy atom. The van der Waals surface area contributed by atoms with Crippen LogP contribution in [0.25, 0.3) is 0 Å². The van der Waals surface area contributed by atoms with E-state index >= 15 is 0 Å². The monoisotopic (exact) mass is 287 g/mol. The molecule has 0 radical (unpaired) electrons. The Labute approximate surface area is 109 Å². The molecule has 0 aliphatic carbocycles. The van der Waals surface area contributed by atoms with Gasteiger partial charge in [0.15, 0.2) is 0 Å². The number of hydrogen-bond acceptors (Lipinski definition) is 2. The Hall–Kier alpha value is -0.540. The standard InChI is InChI=1S/C13H21NO.BrH/c1-3-14(4-2)11-8-12-15-13-9-6-5-7-10-13;/h5-7,9-10H,3-4,8,11-12H2,1-2H3;1H. The second-order valence-electron chi connectivity index (χ2n) is 3.54. The zero-order valence-electron chi connectivity index (χ0n) is 10.2. The van der Waals surface area contributed by atoms with Crippen molar-refractivity contribution >= 4 is 17.0 Å². The van der Waals surface area contributed by atoms with Crippen LogP contribution < -0.4 is 4.74 Å². The van der Waals surface area contributed by atoms with Crippen LogP contribution in [0.3, 0.4) is 0 Å². The third kappa shape index (κ3) is 6.13. The minimum absolute atomic E-state index is 0. The van der Waals surface area contributed by atoms with Gasteiger partial charge >= 0.3 is 0 Å². The fraction of sp³-hybridized carbons (Fsp3) is 0.538. The van der Waals surface area contributed by atoms with E-state index in [4.69, 9.17) is 4.74 Å². The molecule has 0 N–H and O–H groups in total. The summed E-state index contributed by atoms with van der Waals surface area (Å²) in [5, 5.41) is 0. The summed E-state index contributed by atoms with van der Waals surface area (Å²) in [6.07, 6.45) is 1.09. The summed E-state index contributed by atoms with van der Waals surface area (Å²) in [6.45, 7) is 8.58. The lowest BCUT2D eigenvalue weighted by Gasteiger charge is -2.17. The smallest absolute Gasteiger partial charge is 0.119 e. The molecule has 0 amide bonds. The first-order valence-electron chi connectivity index (χ1n) is 5.77. The SMILES string of the molecule is Br.CCN(CC)CCCOc1ccccc1. The summed E-state index contributed by atoms with van der Waals surface area (Å²) >= 11 is 0. The van der Waals surface area contributed by atoms with Crippen LogP contribution in [0.2, 0.25) is 0 Å². The van der Waals surface area contributed by atoms with E-state index in [1.165, 1.54) is 0 Å². The number of rotatable bonds is 7. The zero-order chi connectivity index (χ0) is 10.9. The van der Waals surface area contributed by atoms with Crippen molar-refractivity contribution < 1.29 is 4.74 Å². The van der Waals surface area contributed by atoms with Crippen molar-refractivity contribution in [1.29, 1.82) is 0 Å². The van der Waals surface area contributed by atoms with Gasteiger partial charge in [0.1, 0.15) is 5.75 Å². The van der Waals surface area contributed by atoms with Gasteiger partial charge in [-0.1, -0.05) is 32.0 Å². The second kappa shape index (κ2) is 9.67. The van der Waals surface area contributed by atoms with Gasteiger partial charge < -0.3 is 9.64 Å². The molecule has 0 heterocycles. The van der Waals surface area contributed by atoms with Crippen molar-refractivity contribution in [2.24, 2.45) is 0 Å². The van der Waals surface area contributed by atoms with E-state index in [1.54, 1.807) is 0 Å². The first-order valence-corrected chi connectivity index (χ1v) is 5.77. The highest BCUT2D eigenvalue weighted by atomic mass is 79.9. The first kappa shape index (κ1) is 15.5. The number of benzene rings is 1. The molecular weight excluding hydrogens is 266 g/mol. The molecule has 0 aliphatic rings. The van der Waals surface area contributed by atoms with E-state index in [9.17, 15) is 0 Å². The average molecular weight is 288 g/mol. The molecule has 2 nitrogen and oxygen atoms in total. The Balaban J connectivity index is 0.00000225. The molecule has 0 fully saturated rings. The summed E-state index contributed by atoms with van der Waals surface area (Å²) in [5.41, 5.74) is 0. The van der Waals surface area contributed by atoms with Crippen LogP contribution in [0.1, 0.15) is 20.3 Å². The number of hydrogen-bond donors (Lipinski definition) is 0. The largest absolute Gasteiger partial charge is 0.494 e. The number of halogens is 1. The van der Waals surface area contributed by atoms with Gasteiger partial charge in [-0.25, -0.2) is 0 Å². The van der Waals surface area contributed by atoms with E-state index in [1.807, 2.05) is 30.3 Å². The third-order valence-electron chi connectivity index (χ3n) is 2.53. The molecule has 0 atom stereocenters. The Kier molecular flexibility index (Phi) is 9.34. The minimum Gasteiger partial charge on any atom is -0.494 e. The summed E-state index contributed by atoms with van der Waals surface area (Å²) in [7, 11) is 0. The Bertz CT molecular complexity index is 249. The van der Waals surface area contributed by atoms with Gasteiger partial charge in [-0.2, -0.15) is 0 Å². The van der Waals surface area contributed by atoms with E-state index in [-0.39, 0.29) is 17.0 Å². The van der Waals surface area contributed by atoms with Crippen molar-refractivity contribution in [1.82, 2.24) is 4.90 Å². The molecule has 3 heteroatoms. The van der Waals surface area contributed by atoms with E-state index in [0.29, 0.717) is 0 Å². The van der Waals surface area contributed by atoms with Crippen molar-refractivity contribution in [3.05, 3.63) is 30.3 Å². The van der Waals surface area contributed by atoms with Crippen LogP contribution in [0.15, 0.2) is 30.3 Å². The molecule has 0 unspecified atom stereocenters. The predicted octanol–water partition coefficient (Wildman–Crippen LogP) is 3.38. The molecule has 1 aromatic carbocycles. The molecule has 0 bridgehead atoms. The summed E-state index contributed by atoms with van der Waals surface area (Å²) in [5.74, 6) is 0.969. The topological polar surface area (TPSA) is 12.5 Å². The van der Waals surface area contributed by atoms with Crippen molar-refractivity contribution in [3.63, 3.8) is 0 Å². The van der Waals surface area contributed by atoms with Gasteiger partial charge in [0.05, 0.1) is 6.61 Å². The molecule has 0 aromatic heterocycles. The fourth-order valence-corrected chi connectivity index (χ4v) is 1.53. The van der Waals surface area contributed by atoms with Crippen LogP contribution in [0.5, 0.6) is 5.75 Å². The van der Waals surface area contributed by atoms with Gasteiger partial charge in [0.25, 0.3) is 0 Å². The van der Waals surface area contributed by atoms with Crippen LogP contribution in [0, 0.1) is 0 Å². The lowest BCUT2D eigenvalue weighted by molar-refractivity contribution is 0.249. The van der Waals surface area contributed by atoms with Gasteiger partial charge in [-0.05, 0) is 31.6 Å². The van der Waals surface area contributed by atoms with E-state index in [2.05, 4.69) is 18.7 Å². The third-order valence-corrected chi connectivity index (χ3v) is 2.53. The fourth-order valence-electron chi connectivity index (χ4n) is 1.53. The summed E-state index contributed by atoms with van der Waals surface area (Å²) in [6, 6.07) is 10.00. The van der Waals surface area contributed by atoms with Crippen molar-refractivity contribution in [2.75, 3.05) is 26.2 Å². The molecule has 1 aromatic rings. The normalized spacial score (nSPS) is 9.94. The summed E-state index contributed by atoms with van der Waals surface area (Å²) < 4.78 is 5.62. The highest BCUT2D eigenvalue weighted by Crippen LogP contribution is 2.08. The van der Waals surface area contributed by atoms with Crippen molar-refractivity contribution in [3.8, 4) is 5.75 Å². The zero-order valence-corrected chi connectivity index (χ0v) is 11.9. The van der Waals surface area contributed by atoms with Crippen LogP contribution >= 0.6 is 17.0 Å². The van der Waals surface area contributed by atoms with E-state index in [0.717, 1.165) is 38.4 Å². The first-order chi connectivity index (χ1) is 7.36. The van der Waals surface area contributed by atoms with Gasteiger partial charge in [-0.3, -0.25) is 0 Å². The van der Waals surface area contributed by atoms with Gasteiger partial charge in [-0.15, -0.1) is 17.0 Å². The Morgan fingerprint density at radius 3 is 2.25 bits per heavy atom. The van der Waals surface area contributed by atoms with Crippen LogP contribution in [-0.4, -0.2) is 31.1 Å². The molecule has 92 valence electrons. The van der Waals surface area contributed by atoms with E-state index < -0.39 is 0 Å². The quantitative estimate of drug-likeness (QED) is 0.713. The lowest BCUT2D eigenvalue weighted by atomic mass is 10.3. The number of para-hydroxylation sites is 1. The minimum atomic E-state index is 0. The van der Waals surface area contributed by atoms with Crippen LogP contribution in [0.4, 0.5) is 0 Å². The van der Waals surface area contributed by atoms with Gasteiger partial charge in [0.2, 0.25) is 0 Å². The second-order valence-corrected chi connectivity index (χ2v) is 3.54. The molecule has 0 aliphatic heterocycles. The lowest BCUT2D eigenvalue weighted by Crippen LogP contribution is -2.25. The molecule has 0 saturated carbocycles. The molecule has 0 spiro atoms.